The summed E-state index contributed by atoms with van der Waals surface area (Å²) >= 11 is 0. The lowest BCUT2D eigenvalue weighted by Crippen LogP contribution is -2.56. The van der Waals surface area contributed by atoms with Gasteiger partial charge in [-0.2, -0.15) is 0 Å². The number of cyclic esters (lactones) is 1. The summed E-state index contributed by atoms with van der Waals surface area (Å²) in [5.74, 6) is -0.924. The number of benzene rings is 1. The van der Waals surface area contributed by atoms with Crippen LogP contribution in [0.15, 0.2) is 18.2 Å². The van der Waals surface area contributed by atoms with Crippen molar-refractivity contribution in [3.8, 4) is 0 Å². The summed E-state index contributed by atoms with van der Waals surface area (Å²) in [7, 11) is 0. The smallest absolute Gasteiger partial charge is 0.414 e. The number of halogens is 1. The Morgan fingerprint density at radius 2 is 2.00 bits per heavy atom. The second kappa shape index (κ2) is 8.52. The number of carbonyl (C=O) groups is 2. The molecule has 29 heavy (non-hydrogen) atoms. The van der Waals surface area contributed by atoms with E-state index in [0.717, 1.165) is 39.4 Å². The van der Waals surface area contributed by atoms with Crippen LogP contribution < -0.4 is 15.1 Å². The van der Waals surface area contributed by atoms with Crippen molar-refractivity contribution < 1.29 is 28.6 Å². The van der Waals surface area contributed by atoms with Crippen molar-refractivity contribution in [2.24, 2.45) is 0 Å². The summed E-state index contributed by atoms with van der Waals surface area (Å²) in [6.45, 7) is 4.45. The lowest BCUT2D eigenvalue weighted by atomic mass is 10.1. The summed E-state index contributed by atoms with van der Waals surface area (Å²) in [6.07, 6.45) is -1.14. The summed E-state index contributed by atoms with van der Waals surface area (Å²) in [6, 6.07) is 5.24. The van der Waals surface area contributed by atoms with Crippen LogP contribution in [-0.4, -0.2) is 93.2 Å². The molecule has 3 aliphatic heterocycles. The first-order chi connectivity index (χ1) is 14.0. The Kier molecular flexibility index (Phi) is 5.84. The molecular formula is C19H25FN4O5. The Labute approximate surface area is 167 Å². The Balaban J connectivity index is 1.36. The van der Waals surface area contributed by atoms with Gasteiger partial charge < -0.3 is 24.8 Å². The van der Waals surface area contributed by atoms with E-state index in [0.29, 0.717) is 17.4 Å². The first-order valence-corrected chi connectivity index (χ1v) is 9.77. The van der Waals surface area contributed by atoms with Crippen molar-refractivity contribution in [3.63, 3.8) is 0 Å². The van der Waals surface area contributed by atoms with E-state index in [1.807, 2.05) is 4.90 Å². The molecule has 2 N–H and O–H groups in total. The topological polar surface area (TPSA) is 94.6 Å². The van der Waals surface area contributed by atoms with Crippen molar-refractivity contribution in [2.75, 3.05) is 68.9 Å². The predicted octanol–water partition coefficient (Wildman–Crippen LogP) is -0.220. The number of hydrogen-bond donors (Lipinski definition) is 2. The SMILES string of the molecule is O=C(CO)NC[C@H]1CN(c2ccc(N3CCN(C4COC4)CC3)c(F)c2)C(=O)O1. The number of rotatable bonds is 6. The Morgan fingerprint density at radius 1 is 1.24 bits per heavy atom. The molecule has 0 bridgehead atoms. The van der Waals surface area contributed by atoms with Gasteiger partial charge in [0, 0.05) is 26.2 Å². The highest BCUT2D eigenvalue weighted by molar-refractivity contribution is 5.90. The lowest BCUT2D eigenvalue weighted by molar-refractivity contribution is -0.124. The van der Waals surface area contributed by atoms with E-state index < -0.39 is 24.7 Å². The van der Waals surface area contributed by atoms with Crippen LogP contribution in [0.25, 0.3) is 0 Å². The normalized spacial score (nSPS) is 23.1. The minimum absolute atomic E-state index is 0.0957. The molecule has 3 saturated heterocycles. The van der Waals surface area contributed by atoms with Gasteiger partial charge in [0.05, 0.1) is 43.7 Å². The van der Waals surface area contributed by atoms with Crippen LogP contribution in [0.4, 0.5) is 20.6 Å². The van der Waals surface area contributed by atoms with E-state index in [9.17, 15) is 14.0 Å². The van der Waals surface area contributed by atoms with Crippen LogP contribution in [0.2, 0.25) is 0 Å². The van der Waals surface area contributed by atoms with Crippen molar-refractivity contribution in [3.05, 3.63) is 24.0 Å². The monoisotopic (exact) mass is 408 g/mol. The number of amides is 2. The number of aliphatic hydroxyl groups excluding tert-OH is 1. The van der Waals surface area contributed by atoms with Crippen LogP contribution in [0.5, 0.6) is 0 Å². The van der Waals surface area contributed by atoms with E-state index in [2.05, 4.69) is 10.2 Å². The molecule has 3 heterocycles. The van der Waals surface area contributed by atoms with Crippen molar-refractivity contribution >= 4 is 23.4 Å². The zero-order valence-corrected chi connectivity index (χ0v) is 16.1. The third-order valence-electron chi connectivity index (χ3n) is 5.58. The summed E-state index contributed by atoms with van der Waals surface area (Å²) < 4.78 is 25.2. The van der Waals surface area contributed by atoms with Gasteiger partial charge in [-0.25, -0.2) is 9.18 Å². The fourth-order valence-electron chi connectivity index (χ4n) is 3.80. The molecule has 10 heteroatoms. The van der Waals surface area contributed by atoms with E-state index >= 15 is 0 Å². The summed E-state index contributed by atoms with van der Waals surface area (Å²) in [4.78, 5) is 29.0. The van der Waals surface area contributed by atoms with E-state index in [1.165, 1.54) is 11.0 Å². The van der Waals surface area contributed by atoms with Crippen LogP contribution in [0.1, 0.15) is 0 Å². The van der Waals surface area contributed by atoms with Gasteiger partial charge in [-0.15, -0.1) is 0 Å². The summed E-state index contributed by atoms with van der Waals surface area (Å²) in [5.41, 5.74) is 0.940. The summed E-state index contributed by atoms with van der Waals surface area (Å²) in [5, 5.41) is 11.2. The molecule has 0 aromatic heterocycles. The fourth-order valence-corrected chi connectivity index (χ4v) is 3.80. The molecule has 0 aliphatic carbocycles. The Morgan fingerprint density at radius 3 is 2.62 bits per heavy atom. The Bertz CT molecular complexity index is 767. The molecule has 2 amide bonds. The van der Waals surface area contributed by atoms with Crippen LogP contribution >= 0.6 is 0 Å². The van der Waals surface area contributed by atoms with Gasteiger partial charge in [-0.3, -0.25) is 14.6 Å². The highest BCUT2D eigenvalue weighted by Gasteiger charge is 2.33. The number of nitrogens with zero attached hydrogens (tertiary/aromatic N) is 3. The third kappa shape index (κ3) is 4.29. The molecule has 0 unspecified atom stereocenters. The predicted molar refractivity (Wildman–Crippen MR) is 103 cm³/mol. The average Bonchev–Trinajstić information content (AvgIpc) is 3.06. The minimum Gasteiger partial charge on any atom is -0.442 e. The average molecular weight is 408 g/mol. The van der Waals surface area contributed by atoms with Gasteiger partial charge in [-0.1, -0.05) is 0 Å². The van der Waals surface area contributed by atoms with Gasteiger partial charge in [-0.05, 0) is 18.2 Å². The van der Waals surface area contributed by atoms with Gasteiger partial charge in [0.1, 0.15) is 18.5 Å². The molecule has 0 saturated carbocycles. The van der Waals surface area contributed by atoms with Gasteiger partial charge in [0.15, 0.2) is 0 Å². The fraction of sp³-hybridized carbons (Fsp3) is 0.579. The van der Waals surface area contributed by atoms with E-state index in [1.54, 1.807) is 12.1 Å². The number of nitrogens with one attached hydrogen (secondary N) is 1. The highest BCUT2D eigenvalue weighted by Crippen LogP contribution is 2.29. The first kappa shape index (κ1) is 19.9. The first-order valence-electron chi connectivity index (χ1n) is 9.77. The van der Waals surface area contributed by atoms with Crippen molar-refractivity contribution in [1.82, 2.24) is 10.2 Å². The molecular weight excluding hydrogens is 383 g/mol. The lowest BCUT2D eigenvalue weighted by Gasteiger charge is -2.43. The van der Waals surface area contributed by atoms with Gasteiger partial charge in [0.2, 0.25) is 5.91 Å². The molecule has 1 atom stereocenters. The number of piperazine rings is 1. The maximum atomic E-state index is 14.8. The molecule has 1 aromatic rings. The Hall–Kier alpha value is -2.43. The number of anilines is 2. The molecule has 3 fully saturated rings. The second-order valence-electron chi connectivity index (χ2n) is 7.43. The second-order valence-corrected chi connectivity index (χ2v) is 7.43. The molecule has 4 rings (SSSR count). The van der Waals surface area contributed by atoms with Crippen molar-refractivity contribution in [2.45, 2.75) is 12.1 Å². The molecule has 3 aliphatic rings. The molecule has 0 radical (unpaired) electrons. The largest absolute Gasteiger partial charge is 0.442 e. The van der Waals surface area contributed by atoms with Crippen LogP contribution in [-0.2, 0) is 14.3 Å². The highest BCUT2D eigenvalue weighted by atomic mass is 19.1. The number of ether oxygens (including phenoxy) is 2. The zero-order valence-electron chi connectivity index (χ0n) is 16.1. The van der Waals surface area contributed by atoms with Crippen LogP contribution in [0, 0.1) is 5.82 Å². The van der Waals surface area contributed by atoms with Crippen LogP contribution in [0.3, 0.4) is 0 Å². The van der Waals surface area contributed by atoms with Crippen molar-refractivity contribution in [1.29, 1.82) is 0 Å². The maximum absolute atomic E-state index is 14.8. The van der Waals surface area contributed by atoms with Gasteiger partial charge >= 0.3 is 6.09 Å². The maximum Gasteiger partial charge on any atom is 0.414 e. The zero-order chi connectivity index (χ0) is 20.4. The molecule has 1 aromatic carbocycles. The van der Waals surface area contributed by atoms with E-state index in [-0.39, 0.29) is 18.9 Å². The number of hydrogen-bond acceptors (Lipinski definition) is 7. The minimum atomic E-state index is -0.625. The van der Waals surface area contributed by atoms with E-state index in [4.69, 9.17) is 14.6 Å². The van der Waals surface area contributed by atoms with Gasteiger partial charge in [0.25, 0.3) is 0 Å². The standard InChI is InChI=1S/C19H25FN4O5/c20-16-7-13(24-9-15(29-19(24)27)8-21-18(26)10-25)1-2-17(16)23-5-3-22(4-6-23)14-11-28-12-14/h1-2,7,14-15,25H,3-6,8-12H2,(H,21,26)/t15-/m0/s1. The number of aliphatic hydroxyl groups is 1. The molecule has 158 valence electrons. The molecule has 0 spiro atoms. The quantitative estimate of drug-likeness (QED) is 0.672. The number of carbonyl (C=O) groups excluding carboxylic acids is 2. The molecule has 9 nitrogen and oxygen atoms in total. The third-order valence-corrected chi connectivity index (χ3v) is 5.58.